The quantitative estimate of drug-likeness (QED) is 0.788. The SMILES string of the molecule is CCC[C@@H](NC(=O)N1CCC(C)(C)C1)C(=O)O. The lowest BCUT2D eigenvalue weighted by Crippen LogP contribution is -2.47. The number of urea groups is 1. The molecule has 1 heterocycles. The van der Waals surface area contributed by atoms with Crippen LogP contribution in [0.1, 0.15) is 40.0 Å². The number of nitrogens with one attached hydrogen (secondary N) is 1. The largest absolute Gasteiger partial charge is 0.480 e. The van der Waals surface area contributed by atoms with Crippen molar-refractivity contribution in [2.45, 2.75) is 46.1 Å². The van der Waals surface area contributed by atoms with E-state index in [9.17, 15) is 9.59 Å². The standard InChI is InChI=1S/C12H22N2O3/c1-4-5-9(10(15)16)13-11(17)14-7-6-12(2,3)8-14/h9H,4-8H2,1-3H3,(H,13,17)(H,15,16)/t9-/m1/s1. The average molecular weight is 242 g/mol. The fraction of sp³-hybridized carbons (Fsp3) is 0.833. The maximum absolute atomic E-state index is 11.9. The second-order valence-corrected chi connectivity index (χ2v) is 5.46. The Labute approximate surface area is 102 Å². The second-order valence-electron chi connectivity index (χ2n) is 5.46. The molecule has 0 saturated carbocycles. The van der Waals surface area contributed by atoms with E-state index in [4.69, 9.17) is 5.11 Å². The highest BCUT2D eigenvalue weighted by atomic mass is 16.4. The molecule has 1 saturated heterocycles. The van der Waals surface area contributed by atoms with E-state index in [0.29, 0.717) is 19.5 Å². The molecule has 0 aliphatic carbocycles. The van der Waals surface area contributed by atoms with Crippen LogP contribution in [-0.2, 0) is 4.79 Å². The number of nitrogens with zero attached hydrogens (tertiary/aromatic N) is 1. The van der Waals surface area contributed by atoms with Gasteiger partial charge in [-0.05, 0) is 18.3 Å². The molecule has 1 aliphatic heterocycles. The van der Waals surface area contributed by atoms with E-state index in [-0.39, 0.29) is 11.4 Å². The van der Waals surface area contributed by atoms with E-state index in [1.54, 1.807) is 4.90 Å². The normalized spacial score (nSPS) is 20.1. The van der Waals surface area contributed by atoms with Crippen LogP contribution in [-0.4, -0.2) is 41.1 Å². The van der Waals surface area contributed by atoms with E-state index < -0.39 is 12.0 Å². The highest BCUT2D eigenvalue weighted by Gasteiger charge is 2.33. The van der Waals surface area contributed by atoms with Crippen LogP contribution in [0.25, 0.3) is 0 Å². The maximum atomic E-state index is 11.9. The van der Waals surface area contributed by atoms with Crippen molar-refractivity contribution in [3.05, 3.63) is 0 Å². The highest BCUT2D eigenvalue weighted by Crippen LogP contribution is 2.28. The predicted molar refractivity (Wildman–Crippen MR) is 64.8 cm³/mol. The van der Waals surface area contributed by atoms with Crippen molar-refractivity contribution < 1.29 is 14.7 Å². The Morgan fingerprint density at radius 3 is 2.53 bits per heavy atom. The Balaban J connectivity index is 2.51. The minimum Gasteiger partial charge on any atom is -0.480 e. The lowest BCUT2D eigenvalue weighted by atomic mass is 9.93. The molecular weight excluding hydrogens is 220 g/mol. The van der Waals surface area contributed by atoms with E-state index in [1.165, 1.54) is 0 Å². The van der Waals surface area contributed by atoms with Gasteiger partial charge in [-0.2, -0.15) is 0 Å². The van der Waals surface area contributed by atoms with Crippen LogP contribution in [0.5, 0.6) is 0 Å². The Bertz CT molecular complexity index is 302. The van der Waals surface area contributed by atoms with Crippen molar-refractivity contribution in [3.63, 3.8) is 0 Å². The summed E-state index contributed by atoms with van der Waals surface area (Å²) >= 11 is 0. The van der Waals surface area contributed by atoms with Crippen molar-refractivity contribution in [2.75, 3.05) is 13.1 Å². The number of carbonyl (C=O) groups is 2. The number of hydrogen-bond acceptors (Lipinski definition) is 2. The topological polar surface area (TPSA) is 69.6 Å². The zero-order valence-corrected chi connectivity index (χ0v) is 10.8. The monoisotopic (exact) mass is 242 g/mol. The first-order chi connectivity index (χ1) is 7.85. The number of hydrogen-bond donors (Lipinski definition) is 2. The van der Waals surface area contributed by atoms with Crippen molar-refractivity contribution in [3.8, 4) is 0 Å². The third-order valence-electron chi connectivity index (χ3n) is 3.14. The Morgan fingerprint density at radius 1 is 1.47 bits per heavy atom. The molecule has 0 radical (unpaired) electrons. The third-order valence-corrected chi connectivity index (χ3v) is 3.14. The van der Waals surface area contributed by atoms with Gasteiger partial charge in [0, 0.05) is 13.1 Å². The molecule has 1 rings (SSSR count). The molecule has 5 nitrogen and oxygen atoms in total. The molecule has 0 spiro atoms. The molecule has 0 aromatic heterocycles. The number of aliphatic carboxylic acids is 1. The molecule has 2 N–H and O–H groups in total. The molecule has 1 atom stereocenters. The summed E-state index contributed by atoms with van der Waals surface area (Å²) in [6.07, 6.45) is 2.17. The van der Waals surface area contributed by atoms with Crippen LogP contribution < -0.4 is 5.32 Å². The smallest absolute Gasteiger partial charge is 0.326 e. The summed E-state index contributed by atoms with van der Waals surface area (Å²) in [6.45, 7) is 7.53. The minimum absolute atomic E-state index is 0.140. The number of rotatable bonds is 4. The van der Waals surface area contributed by atoms with E-state index in [1.807, 2.05) is 6.92 Å². The summed E-state index contributed by atoms with van der Waals surface area (Å²) in [5.74, 6) is -0.960. The molecule has 0 aromatic rings. The van der Waals surface area contributed by atoms with Gasteiger partial charge < -0.3 is 15.3 Å². The van der Waals surface area contributed by atoms with Crippen LogP contribution in [0.15, 0.2) is 0 Å². The number of amides is 2. The molecule has 0 aromatic carbocycles. The summed E-state index contributed by atoms with van der Waals surface area (Å²) < 4.78 is 0. The number of carboxylic acids is 1. The van der Waals surface area contributed by atoms with Crippen molar-refractivity contribution >= 4 is 12.0 Å². The maximum Gasteiger partial charge on any atom is 0.326 e. The molecule has 1 aliphatic rings. The molecule has 0 unspecified atom stereocenters. The highest BCUT2D eigenvalue weighted by molar-refractivity contribution is 5.82. The third kappa shape index (κ3) is 3.91. The molecule has 1 fully saturated rings. The van der Waals surface area contributed by atoms with E-state index >= 15 is 0 Å². The number of carbonyl (C=O) groups excluding carboxylic acids is 1. The summed E-state index contributed by atoms with van der Waals surface area (Å²) in [7, 11) is 0. The first kappa shape index (κ1) is 13.8. The van der Waals surface area contributed by atoms with E-state index in [0.717, 1.165) is 12.8 Å². The summed E-state index contributed by atoms with van der Waals surface area (Å²) in [6, 6.07) is -1.02. The number of carboxylic acid groups (broad SMARTS) is 1. The zero-order chi connectivity index (χ0) is 13.1. The van der Waals surface area contributed by atoms with Crippen molar-refractivity contribution in [2.24, 2.45) is 5.41 Å². The Hall–Kier alpha value is -1.26. The van der Waals surface area contributed by atoms with Gasteiger partial charge in [-0.25, -0.2) is 9.59 Å². The van der Waals surface area contributed by atoms with Gasteiger partial charge in [0.2, 0.25) is 0 Å². The molecule has 0 bridgehead atoms. The number of likely N-dealkylation sites (tertiary alicyclic amines) is 1. The second kappa shape index (κ2) is 5.38. The Morgan fingerprint density at radius 2 is 2.12 bits per heavy atom. The molecule has 98 valence electrons. The van der Waals surface area contributed by atoms with Gasteiger partial charge in [-0.15, -0.1) is 0 Å². The van der Waals surface area contributed by atoms with Crippen LogP contribution in [0.3, 0.4) is 0 Å². The van der Waals surface area contributed by atoms with Gasteiger partial charge in [0.1, 0.15) is 6.04 Å². The van der Waals surface area contributed by atoms with Crippen LogP contribution in [0, 0.1) is 5.41 Å². The zero-order valence-electron chi connectivity index (χ0n) is 10.8. The first-order valence-electron chi connectivity index (χ1n) is 6.14. The van der Waals surface area contributed by atoms with Crippen molar-refractivity contribution in [1.29, 1.82) is 0 Å². The lowest BCUT2D eigenvalue weighted by Gasteiger charge is -2.22. The van der Waals surface area contributed by atoms with Gasteiger partial charge in [0.25, 0.3) is 0 Å². The molecule has 2 amide bonds. The van der Waals surface area contributed by atoms with E-state index in [2.05, 4.69) is 19.2 Å². The predicted octanol–water partition coefficient (Wildman–Crippen LogP) is 1.68. The van der Waals surface area contributed by atoms with Gasteiger partial charge in [0.15, 0.2) is 0 Å². The minimum atomic E-state index is -0.960. The van der Waals surface area contributed by atoms with Gasteiger partial charge in [-0.3, -0.25) is 0 Å². The fourth-order valence-electron chi connectivity index (χ4n) is 2.07. The van der Waals surface area contributed by atoms with Crippen LogP contribution >= 0.6 is 0 Å². The molecular formula is C12H22N2O3. The summed E-state index contributed by atoms with van der Waals surface area (Å²) in [5.41, 5.74) is 0.140. The Kier molecular flexibility index (Phi) is 4.37. The molecule has 17 heavy (non-hydrogen) atoms. The average Bonchev–Trinajstić information content (AvgIpc) is 2.58. The van der Waals surface area contributed by atoms with Crippen LogP contribution in [0.4, 0.5) is 4.79 Å². The van der Waals surface area contributed by atoms with Gasteiger partial charge in [0.05, 0.1) is 0 Å². The van der Waals surface area contributed by atoms with Crippen molar-refractivity contribution in [1.82, 2.24) is 10.2 Å². The summed E-state index contributed by atoms with van der Waals surface area (Å²) in [4.78, 5) is 24.5. The molecule has 5 heteroatoms. The lowest BCUT2D eigenvalue weighted by molar-refractivity contribution is -0.139. The summed E-state index contributed by atoms with van der Waals surface area (Å²) in [5, 5.41) is 11.6. The van der Waals surface area contributed by atoms with Gasteiger partial charge >= 0.3 is 12.0 Å². The van der Waals surface area contributed by atoms with Gasteiger partial charge in [-0.1, -0.05) is 27.2 Å². The fourth-order valence-corrected chi connectivity index (χ4v) is 2.07. The first-order valence-corrected chi connectivity index (χ1v) is 6.14. The van der Waals surface area contributed by atoms with Crippen LogP contribution in [0.2, 0.25) is 0 Å².